The maximum absolute atomic E-state index is 8.94. The topological polar surface area (TPSA) is 67.6 Å². The molecule has 0 radical (unpaired) electrons. The fourth-order valence-corrected chi connectivity index (χ4v) is 2.19. The molecule has 2 heterocycles. The van der Waals surface area contributed by atoms with Crippen molar-refractivity contribution in [3.05, 3.63) is 35.6 Å². The van der Waals surface area contributed by atoms with Crippen LogP contribution in [-0.4, -0.2) is 14.7 Å². The Morgan fingerprint density at radius 1 is 1.37 bits per heavy atom. The van der Waals surface area contributed by atoms with E-state index in [1.54, 1.807) is 12.1 Å². The van der Waals surface area contributed by atoms with E-state index in [0.717, 1.165) is 29.2 Å². The minimum atomic E-state index is 0.608. The third-order valence-electron chi connectivity index (χ3n) is 3.05. The Morgan fingerprint density at radius 2 is 2.21 bits per heavy atom. The molecule has 94 valence electrons. The van der Waals surface area contributed by atoms with Gasteiger partial charge in [-0.25, -0.2) is 4.98 Å². The Hall–Kier alpha value is -2.61. The van der Waals surface area contributed by atoms with E-state index in [-0.39, 0.29) is 0 Å². The third-order valence-corrected chi connectivity index (χ3v) is 3.05. The molecule has 0 aliphatic rings. The van der Waals surface area contributed by atoms with Gasteiger partial charge in [0.05, 0.1) is 22.7 Å². The first-order chi connectivity index (χ1) is 9.22. The molecule has 19 heavy (non-hydrogen) atoms. The van der Waals surface area contributed by atoms with E-state index in [1.165, 1.54) is 0 Å². The van der Waals surface area contributed by atoms with Gasteiger partial charge in [0.25, 0.3) is 0 Å². The quantitative estimate of drug-likeness (QED) is 0.703. The third kappa shape index (κ3) is 1.78. The number of nitrogens with zero attached hydrogens (tertiary/aromatic N) is 4. The molecule has 0 aliphatic heterocycles. The molecule has 0 saturated heterocycles. The molecule has 3 rings (SSSR count). The minimum Gasteiger partial charge on any atom is -0.361 e. The van der Waals surface area contributed by atoms with Gasteiger partial charge >= 0.3 is 0 Å². The molecule has 1 aromatic carbocycles. The summed E-state index contributed by atoms with van der Waals surface area (Å²) in [4.78, 5) is 4.57. The predicted molar refractivity (Wildman–Crippen MR) is 70.4 cm³/mol. The molecule has 0 spiro atoms. The smallest absolute Gasteiger partial charge is 0.163 e. The van der Waals surface area contributed by atoms with Crippen molar-refractivity contribution in [2.24, 2.45) is 0 Å². The van der Waals surface area contributed by atoms with E-state index in [9.17, 15) is 0 Å². The molecule has 0 N–H and O–H groups in total. The highest BCUT2D eigenvalue weighted by atomic mass is 16.5. The van der Waals surface area contributed by atoms with Crippen LogP contribution in [0.2, 0.25) is 0 Å². The Balaban J connectivity index is 2.27. The fourth-order valence-electron chi connectivity index (χ4n) is 2.19. The number of fused-ring (bicyclic) bond motifs is 1. The number of rotatable bonds is 2. The lowest BCUT2D eigenvalue weighted by Crippen LogP contribution is -1.97. The SMILES string of the molecule is CCn1c(-c2cc(C)on2)nc2cc(C#N)ccc21. The number of nitriles is 1. The zero-order chi connectivity index (χ0) is 13.4. The van der Waals surface area contributed by atoms with Gasteiger partial charge in [0, 0.05) is 12.6 Å². The molecule has 0 amide bonds. The summed E-state index contributed by atoms with van der Waals surface area (Å²) in [6.07, 6.45) is 0. The molecule has 5 heteroatoms. The number of aromatic nitrogens is 3. The maximum atomic E-state index is 8.94. The zero-order valence-electron chi connectivity index (χ0n) is 10.7. The van der Waals surface area contributed by atoms with Crippen LogP contribution in [0, 0.1) is 18.3 Å². The van der Waals surface area contributed by atoms with Gasteiger partial charge in [-0.2, -0.15) is 5.26 Å². The van der Waals surface area contributed by atoms with Crippen LogP contribution in [0.5, 0.6) is 0 Å². The van der Waals surface area contributed by atoms with Gasteiger partial charge in [-0.1, -0.05) is 5.16 Å². The van der Waals surface area contributed by atoms with Crippen molar-refractivity contribution in [3.8, 4) is 17.6 Å². The highest BCUT2D eigenvalue weighted by Gasteiger charge is 2.14. The number of hydrogen-bond acceptors (Lipinski definition) is 4. The fraction of sp³-hybridized carbons (Fsp3) is 0.214. The van der Waals surface area contributed by atoms with Crippen molar-refractivity contribution < 1.29 is 4.52 Å². The molecule has 0 fully saturated rings. The number of benzene rings is 1. The van der Waals surface area contributed by atoms with E-state index in [4.69, 9.17) is 9.78 Å². The highest BCUT2D eigenvalue weighted by Crippen LogP contribution is 2.25. The summed E-state index contributed by atoms with van der Waals surface area (Å²) in [5, 5.41) is 12.9. The first kappa shape index (κ1) is 11.5. The normalized spacial score (nSPS) is 10.8. The van der Waals surface area contributed by atoms with Crippen LogP contribution in [0.1, 0.15) is 18.2 Å². The molecule has 5 nitrogen and oxygen atoms in total. The summed E-state index contributed by atoms with van der Waals surface area (Å²) in [6, 6.07) is 9.49. The Kier molecular flexibility index (Phi) is 2.57. The van der Waals surface area contributed by atoms with Crippen molar-refractivity contribution in [1.29, 1.82) is 5.26 Å². The number of hydrogen-bond donors (Lipinski definition) is 0. The summed E-state index contributed by atoms with van der Waals surface area (Å²) in [7, 11) is 0. The lowest BCUT2D eigenvalue weighted by Gasteiger charge is -2.02. The Morgan fingerprint density at radius 3 is 2.84 bits per heavy atom. The summed E-state index contributed by atoms with van der Waals surface area (Å²) < 4.78 is 7.17. The standard InChI is InChI=1S/C14H12N4O/c1-3-18-13-5-4-10(8-15)7-11(13)16-14(18)12-6-9(2)19-17-12/h4-7H,3H2,1-2H3. The Labute approximate surface area is 110 Å². The maximum Gasteiger partial charge on any atom is 0.163 e. The molecular formula is C14H12N4O. The van der Waals surface area contributed by atoms with Crippen molar-refractivity contribution in [2.75, 3.05) is 0 Å². The van der Waals surface area contributed by atoms with Crippen molar-refractivity contribution in [3.63, 3.8) is 0 Å². The second kappa shape index (κ2) is 4.25. The van der Waals surface area contributed by atoms with Gasteiger partial charge in [0.15, 0.2) is 5.82 Å². The van der Waals surface area contributed by atoms with E-state index < -0.39 is 0 Å². The second-order valence-electron chi connectivity index (χ2n) is 4.32. The predicted octanol–water partition coefficient (Wildman–Crippen LogP) is 2.89. The molecule has 0 unspecified atom stereocenters. The highest BCUT2D eigenvalue weighted by molar-refractivity contribution is 5.81. The van der Waals surface area contributed by atoms with Crippen LogP contribution >= 0.6 is 0 Å². The first-order valence-electron chi connectivity index (χ1n) is 6.07. The van der Waals surface area contributed by atoms with Crippen molar-refractivity contribution in [2.45, 2.75) is 20.4 Å². The van der Waals surface area contributed by atoms with Gasteiger partial charge in [0.1, 0.15) is 11.5 Å². The minimum absolute atomic E-state index is 0.608. The van der Waals surface area contributed by atoms with Crippen LogP contribution in [-0.2, 0) is 6.54 Å². The molecule has 0 atom stereocenters. The van der Waals surface area contributed by atoms with Crippen LogP contribution in [0.3, 0.4) is 0 Å². The van der Waals surface area contributed by atoms with Crippen LogP contribution < -0.4 is 0 Å². The summed E-state index contributed by atoms with van der Waals surface area (Å²) in [5.74, 6) is 1.52. The number of imidazole rings is 1. The van der Waals surface area contributed by atoms with E-state index >= 15 is 0 Å². The van der Waals surface area contributed by atoms with Gasteiger partial charge in [-0.05, 0) is 32.0 Å². The van der Waals surface area contributed by atoms with Crippen LogP contribution in [0.15, 0.2) is 28.8 Å². The van der Waals surface area contributed by atoms with E-state index in [1.807, 2.05) is 19.1 Å². The van der Waals surface area contributed by atoms with Gasteiger partial charge in [0.2, 0.25) is 0 Å². The lowest BCUT2D eigenvalue weighted by molar-refractivity contribution is 0.399. The van der Waals surface area contributed by atoms with Crippen LogP contribution in [0.25, 0.3) is 22.6 Å². The summed E-state index contributed by atoms with van der Waals surface area (Å²) in [5.41, 5.74) is 3.12. The lowest BCUT2D eigenvalue weighted by atomic mass is 10.2. The molecule has 2 aromatic heterocycles. The number of aryl methyl sites for hydroxylation is 2. The summed E-state index contributed by atoms with van der Waals surface area (Å²) in [6.45, 7) is 4.68. The van der Waals surface area contributed by atoms with Gasteiger partial charge in [-0.15, -0.1) is 0 Å². The van der Waals surface area contributed by atoms with E-state index in [0.29, 0.717) is 11.3 Å². The van der Waals surface area contributed by atoms with Crippen LogP contribution in [0.4, 0.5) is 0 Å². The van der Waals surface area contributed by atoms with Crippen molar-refractivity contribution >= 4 is 11.0 Å². The Bertz CT molecular complexity index is 791. The first-order valence-corrected chi connectivity index (χ1v) is 6.07. The summed E-state index contributed by atoms with van der Waals surface area (Å²) >= 11 is 0. The van der Waals surface area contributed by atoms with Crippen molar-refractivity contribution in [1.82, 2.24) is 14.7 Å². The molecular weight excluding hydrogens is 240 g/mol. The molecule has 0 aliphatic carbocycles. The van der Waals surface area contributed by atoms with E-state index in [2.05, 4.69) is 27.7 Å². The average molecular weight is 252 g/mol. The largest absolute Gasteiger partial charge is 0.361 e. The average Bonchev–Trinajstić information content (AvgIpc) is 3.00. The molecule has 3 aromatic rings. The van der Waals surface area contributed by atoms with Gasteiger partial charge < -0.3 is 9.09 Å². The molecule has 0 saturated carbocycles. The monoisotopic (exact) mass is 252 g/mol. The van der Waals surface area contributed by atoms with Gasteiger partial charge in [-0.3, -0.25) is 0 Å². The molecule has 0 bridgehead atoms. The second-order valence-corrected chi connectivity index (χ2v) is 4.32. The zero-order valence-corrected chi connectivity index (χ0v) is 10.7.